The van der Waals surface area contributed by atoms with Gasteiger partial charge in [0.1, 0.15) is 0 Å². The highest BCUT2D eigenvalue weighted by Gasteiger charge is 2.18. The third-order valence-corrected chi connectivity index (χ3v) is 4.63. The van der Waals surface area contributed by atoms with Crippen molar-refractivity contribution in [2.24, 2.45) is 5.73 Å². The van der Waals surface area contributed by atoms with Gasteiger partial charge in [0.25, 0.3) is 10.0 Å². The molecule has 3 N–H and O–H groups in total. The fourth-order valence-electron chi connectivity index (χ4n) is 1.84. The van der Waals surface area contributed by atoms with Crippen LogP contribution in [0.2, 0.25) is 5.02 Å². The average Bonchev–Trinajstić information content (AvgIpc) is 2.42. The van der Waals surface area contributed by atoms with Crippen LogP contribution in [0.3, 0.4) is 0 Å². The van der Waals surface area contributed by atoms with E-state index in [9.17, 15) is 8.42 Å². The van der Waals surface area contributed by atoms with Crippen LogP contribution < -0.4 is 10.5 Å². The van der Waals surface area contributed by atoms with Crippen LogP contribution in [0.25, 0.3) is 0 Å². The van der Waals surface area contributed by atoms with Crippen molar-refractivity contribution in [1.29, 1.82) is 0 Å². The number of rotatable bonds is 4. The van der Waals surface area contributed by atoms with Crippen LogP contribution in [0.1, 0.15) is 11.1 Å². The van der Waals surface area contributed by atoms with Crippen LogP contribution in [0.5, 0.6) is 0 Å². The maximum atomic E-state index is 12.4. The molecule has 0 aliphatic carbocycles. The Morgan fingerprint density at radius 2 is 1.90 bits per heavy atom. The molecule has 0 radical (unpaired) electrons. The van der Waals surface area contributed by atoms with Gasteiger partial charge < -0.3 is 5.73 Å². The van der Waals surface area contributed by atoms with E-state index in [-0.39, 0.29) is 11.4 Å². The smallest absolute Gasteiger partial charge is 0.262 e. The normalized spacial score (nSPS) is 11.3. The van der Waals surface area contributed by atoms with Gasteiger partial charge >= 0.3 is 0 Å². The van der Waals surface area contributed by atoms with Crippen molar-refractivity contribution >= 4 is 27.3 Å². The van der Waals surface area contributed by atoms with Crippen molar-refractivity contribution in [3.63, 3.8) is 0 Å². The lowest BCUT2D eigenvalue weighted by molar-refractivity contribution is 0.600. The predicted molar refractivity (Wildman–Crippen MR) is 81.3 cm³/mol. The largest absolute Gasteiger partial charge is 0.326 e. The molecular formula is C14H15ClN2O2S. The summed E-state index contributed by atoms with van der Waals surface area (Å²) in [6.07, 6.45) is 0. The third kappa shape index (κ3) is 3.12. The zero-order chi connectivity index (χ0) is 14.8. The molecule has 20 heavy (non-hydrogen) atoms. The van der Waals surface area contributed by atoms with E-state index in [1.807, 2.05) is 6.92 Å². The molecule has 6 heteroatoms. The van der Waals surface area contributed by atoms with Crippen LogP contribution in [-0.2, 0) is 16.6 Å². The topological polar surface area (TPSA) is 72.2 Å². The molecule has 4 nitrogen and oxygen atoms in total. The van der Waals surface area contributed by atoms with Crippen molar-refractivity contribution in [2.45, 2.75) is 18.4 Å². The minimum Gasteiger partial charge on any atom is -0.326 e. The van der Waals surface area contributed by atoms with E-state index in [0.717, 1.165) is 5.56 Å². The average molecular weight is 311 g/mol. The molecule has 0 amide bonds. The summed E-state index contributed by atoms with van der Waals surface area (Å²) < 4.78 is 27.3. The Hall–Kier alpha value is -1.56. The van der Waals surface area contributed by atoms with Gasteiger partial charge in [-0.1, -0.05) is 35.9 Å². The van der Waals surface area contributed by atoms with Crippen molar-refractivity contribution in [2.75, 3.05) is 4.72 Å². The molecule has 2 rings (SSSR count). The Morgan fingerprint density at radius 3 is 2.55 bits per heavy atom. The van der Waals surface area contributed by atoms with Crippen LogP contribution in [0.15, 0.2) is 47.4 Å². The first kappa shape index (κ1) is 14.8. The highest BCUT2D eigenvalue weighted by Crippen LogP contribution is 2.26. The molecule has 0 heterocycles. The molecule has 0 unspecified atom stereocenters. The highest BCUT2D eigenvalue weighted by atomic mass is 35.5. The number of nitrogens with two attached hydrogens (primary N) is 1. The molecule has 0 fully saturated rings. The first-order chi connectivity index (χ1) is 9.44. The second kappa shape index (κ2) is 5.83. The lowest BCUT2D eigenvalue weighted by Crippen LogP contribution is -2.16. The standard InChI is InChI=1S/C14H15ClN2O2S/c1-10-6-7-13(12(15)8-10)17-20(18,19)14-5-3-2-4-11(14)9-16/h2-8,17H,9,16H2,1H3. The molecule has 0 spiro atoms. The summed E-state index contributed by atoms with van der Waals surface area (Å²) in [5, 5.41) is 0.360. The number of aryl methyl sites for hydroxylation is 1. The van der Waals surface area contributed by atoms with E-state index >= 15 is 0 Å². The number of anilines is 1. The van der Waals surface area contributed by atoms with Gasteiger partial charge in [-0.15, -0.1) is 0 Å². The predicted octanol–water partition coefficient (Wildman–Crippen LogP) is 2.91. The molecule has 2 aromatic rings. The van der Waals surface area contributed by atoms with Crippen molar-refractivity contribution in [1.82, 2.24) is 0 Å². The Morgan fingerprint density at radius 1 is 1.20 bits per heavy atom. The Labute approximate surface area is 123 Å². The molecule has 106 valence electrons. The van der Waals surface area contributed by atoms with Crippen LogP contribution in [0, 0.1) is 6.92 Å². The van der Waals surface area contributed by atoms with Gasteiger partial charge in [0, 0.05) is 6.54 Å². The van der Waals surface area contributed by atoms with Gasteiger partial charge in [-0.05, 0) is 36.2 Å². The highest BCUT2D eigenvalue weighted by molar-refractivity contribution is 7.92. The number of hydrogen-bond acceptors (Lipinski definition) is 3. The summed E-state index contributed by atoms with van der Waals surface area (Å²) in [6, 6.07) is 11.7. The second-order valence-corrected chi connectivity index (χ2v) is 6.46. The third-order valence-electron chi connectivity index (χ3n) is 2.85. The molecule has 0 bridgehead atoms. The van der Waals surface area contributed by atoms with Crippen LogP contribution in [-0.4, -0.2) is 8.42 Å². The number of hydrogen-bond donors (Lipinski definition) is 2. The fourth-order valence-corrected chi connectivity index (χ4v) is 3.51. The molecule has 2 aromatic carbocycles. The first-order valence-corrected chi connectivity index (χ1v) is 7.87. The van der Waals surface area contributed by atoms with Gasteiger partial charge in [0.2, 0.25) is 0 Å². The van der Waals surface area contributed by atoms with E-state index in [0.29, 0.717) is 16.3 Å². The number of halogens is 1. The molecule has 0 aromatic heterocycles. The summed E-state index contributed by atoms with van der Waals surface area (Å²) in [4.78, 5) is 0.166. The zero-order valence-electron chi connectivity index (χ0n) is 10.9. The van der Waals surface area contributed by atoms with E-state index < -0.39 is 10.0 Å². The second-order valence-electron chi connectivity index (χ2n) is 4.40. The quantitative estimate of drug-likeness (QED) is 0.912. The van der Waals surface area contributed by atoms with Gasteiger partial charge in [0.15, 0.2) is 0 Å². The molecule has 0 atom stereocenters. The molecule has 0 saturated carbocycles. The molecular weight excluding hydrogens is 296 g/mol. The lowest BCUT2D eigenvalue weighted by atomic mass is 10.2. The van der Waals surface area contributed by atoms with E-state index in [4.69, 9.17) is 17.3 Å². The SMILES string of the molecule is Cc1ccc(NS(=O)(=O)c2ccccc2CN)c(Cl)c1. The van der Waals surface area contributed by atoms with Gasteiger partial charge in [-0.25, -0.2) is 8.42 Å². The maximum Gasteiger partial charge on any atom is 0.262 e. The zero-order valence-corrected chi connectivity index (χ0v) is 12.5. The van der Waals surface area contributed by atoms with E-state index in [1.54, 1.807) is 36.4 Å². The van der Waals surface area contributed by atoms with Crippen LogP contribution in [0.4, 0.5) is 5.69 Å². The monoisotopic (exact) mass is 310 g/mol. The van der Waals surface area contributed by atoms with Gasteiger partial charge in [0.05, 0.1) is 15.6 Å². The minimum absolute atomic E-state index is 0.152. The molecule has 0 saturated heterocycles. The summed E-state index contributed by atoms with van der Waals surface area (Å²) in [6.45, 7) is 2.03. The minimum atomic E-state index is -3.71. The van der Waals surface area contributed by atoms with E-state index in [1.165, 1.54) is 6.07 Å². The summed E-state index contributed by atoms with van der Waals surface area (Å²) >= 11 is 6.05. The van der Waals surface area contributed by atoms with Crippen LogP contribution >= 0.6 is 11.6 Å². The number of benzene rings is 2. The Balaban J connectivity index is 2.41. The number of nitrogens with one attached hydrogen (secondary N) is 1. The summed E-state index contributed by atoms with van der Waals surface area (Å²) in [7, 11) is -3.71. The summed E-state index contributed by atoms with van der Waals surface area (Å²) in [5.41, 5.74) is 7.44. The molecule has 0 aliphatic rings. The van der Waals surface area contributed by atoms with Gasteiger partial charge in [-0.3, -0.25) is 4.72 Å². The van der Waals surface area contributed by atoms with Crippen molar-refractivity contribution in [3.05, 3.63) is 58.6 Å². The van der Waals surface area contributed by atoms with Crippen molar-refractivity contribution in [3.8, 4) is 0 Å². The Bertz CT molecular complexity index is 730. The fraction of sp³-hybridized carbons (Fsp3) is 0.143. The lowest BCUT2D eigenvalue weighted by Gasteiger charge is -2.12. The van der Waals surface area contributed by atoms with Gasteiger partial charge in [-0.2, -0.15) is 0 Å². The summed E-state index contributed by atoms with van der Waals surface area (Å²) in [5.74, 6) is 0. The first-order valence-electron chi connectivity index (χ1n) is 6.01. The van der Waals surface area contributed by atoms with E-state index in [2.05, 4.69) is 4.72 Å². The maximum absolute atomic E-state index is 12.4. The Kier molecular flexibility index (Phi) is 4.32. The number of sulfonamides is 1. The van der Waals surface area contributed by atoms with Crippen molar-refractivity contribution < 1.29 is 8.42 Å². The molecule has 0 aliphatic heterocycles.